The lowest BCUT2D eigenvalue weighted by Crippen LogP contribution is -2.26. The number of hydrogen-bond acceptors (Lipinski definition) is 4. The molecule has 0 aliphatic carbocycles. The average Bonchev–Trinajstić information content (AvgIpc) is 3.14. The molecular formula is C25H26N4O2. The molecule has 4 aromatic rings. The van der Waals surface area contributed by atoms with Crippen molar-refractivity contribution in [1.29, 1.82) is 0 Å². The molecule has 158 valence electrons. The Hall–Kier alpha value is -3.67. The molecule has 0 saturated heterocycles. The Balaban J connectivity index is 1.44. The zero-order chi connectivity index (χ0) is 21.6. The number of amides is 1. The average molecular weight is 415 g/mol. The summed E-state index contributed by atoms with van der Waals surface area (Å²) >= 11 is 0. The third kappa shape index (κ3) is 4.91. The molecule has 6 heteroatoms. The molecule has 2 aromatic heterocycles. The van der Waals surface area contributed by atoms with Gasteiger partial charge in [0, 0.05) is 30.9 Å². The zero-order valence-corrected chi connectivity index (χ0v) is 17.8. The molecule has 0 fully saturated rings. The molecule has 1 amide bonds. The highest BCUT2D eigenvalue weighted by Crippen LogP contribution is 2.20. The number of aryl methyl sites for hydroxylation is 2. The summed E-state index contributed by atoms with van der Waals surface area (Å²) in [7, 11) is 0. The van der Waals surface area contributed by atoms with Crippen LogP contribution in [0.3, 0.4) is 0 Å². The number of ether oxygens (including phenoxy) is 1. The molecule has 0 atom stereocenters. The second kappa shape index (κ2) is 9.43. The molecule has 2 heterocycles. The van der Waals surface area contributed by atoms with E-state index in [0.29, 0.717) is 31.7 Å². The number of para-hydroxylation sites is 2. The number of carbonyl (C=O) groups is 1. The zero-order valence-electron chi connectivity index (χ0n) is 17.8. The fraction of sp³-hybridized carbons (Fsp3) is 0.240. The Morgan fingerprint density at radius 2 is 1.87 bits per heavy atom. The van der Waals surface area contributed by atoms with Crippen molar-refractivity contribution in [2.24, 2.45) is 0 Å². The van der Waals surface area contributed by atoms with Gasteiger partial charge in [0.05, 0.1) is 17.6 Å². The molecule has 0 radical (unpaired) electrons. The van der Waals surface area contributed by atoms with Crippen LogP contribution in [0, 0.1) is 13.8 Å². The van der Waals surface area contributed by atoms with Crippen LogP contribution in [0.15, 0.2) is 67.0 Å². The van der Waals surface area contributed by atoms with Gasteiger partial charge >= 0.3 is 0 Å². The maximum absolute atomic E-state index is 12.3. The maximum atomic E-state index is 12.3. The predicted molar refractivity (Wildman–Crippen MR) is 121 cm³/mol. The second-order valence-corrected chi connectivity index (χ2v) is 7.53. The van der Waals surface area contributed by atoms with E-state index in [1.54, 1.807) is 24.5 Å². The van der Waals surface area contributed by atoms with Crippen molar-refractivity contribution in [2.45, 2.75) is 26.8 Å². The van der Waals surface area contributed by atoms with Crippen molar-refractivity contribution in [3.63, 3.8) is 0 Å². The fourth-order valence-electron chi connectivity index (χ4n) is 3.57. The lowest BCUT2D eigenvalue weighted by Gasteiger charge is -2.13. The first-order valence-electron chi connectivity index (χ1n) is 10.4. The number of aromatic nitrogens is 3. The van der Waals surface area contributed by atoms with Crippen LogP contribution in [0.1, 0.15) is 27.3 Å². The van der Waals surface area contributed by atoms with Gasteiger partial charge in [-0.2, -0.15) is 0 Å². The molecule has 1 N–H and O–H groups in total. The lowest BCUT2D eigenvalue weighted by atomic mass is 10.1. The predicted octanol–water partition coefficient (Wildman–Crippen LogP) is 4.10. The molecule has 0 saturated carbocycles. The number of nitrogens with zero attached hydrogens (tertiary/aromatic N) is 3. The molecule has 0 spiro atoms. The van der Waals surface area contributed by atoms with E-state index in [4.69, 9.17) is 9.72 Å². The summed E-state index contributed by atoms with van der Waals surface area (Å²) in [5.41, 5.74) is 4.93. The highest BCUT2D eigenvalue weighted by molar-refractivity contribution is 5.93. The van der Waals surface area contributed by atoms with E-state index in [1.807, 2.05) is 18.2 Å². The van der Waals surface area contributed by atoms with Crippen molar-refractivity contribution >= 4 is 16.9 Å². The van der Waals surface area contributed by atoms with Gasteiger partial charge in [-0.05, 0) is 55.3 Å². The molecule has 0 unspecified atom stereocenters. The fourth-order valence-corrected chi connectivity index (χ4v) is 3.57. The number of benzene rings is 2. The third-order valence-electron chi connectivity index (χ3n) is 5.23. The monoisotopic (exact) mass is 414 g/mol. The summed E-state index contributed by atoms with van der Waals surface area (Å²) in [5.74, 6) is 1.74. The molecular weight excluding hydrogens is 388 g/mol. The van der Waals surface area contributed by atoms with Crippen LogP contribution in [0.4, 0.5) is 0 Å². The number of carbonyl (C=O) groups excluding carboxylic acids is 1. The molecule has 0 bridgehead atoms. The van der Waals surface area contributed by atoms with E-state index >= 15 is 0 Å². The minimum absolute atomic E-state index is 0.108. The van der Waals surface area contributed by atoms with Crippen LogP contribution >= 0.6 is 0 Å². The van der Waals surface area contributed by atoms with Crippen molar-refractivity contribution in [3.05, 3.63) is 89.5 Å². The van der Waals surface area contributed by atoms with Gasteiger partial charge in [-0.3, -0.25) is 9.78 Å². The number of pyridine rings is 1. The normalized spacial score (nSPS) is 10.9. The van der Waals surface area contributed by atoms with Crippen molar-refractivity contribution in [2.75, 3.05) is 13.2 Å². The number of fused-ring (bicyclic) bond motifs is 1. The van der Waals surface area contributed by atoms with Crippen LogP contribution in [-0.2, 0) is 13.0 Å². The summed E-state index contributed by atoms with van der Waals surface area (Å²) in [6.07, 6.45) is 3.86. The first-order valence-corrected chi connectivity index (χ1v) is 10.4. The van der Waals surface area contributed by atoms with Gasteiger partial charge in [0.15, 0.2) is 0 Å². The van der Waals surface area contributed by atoms with E-state index in [9.17, 15) is 4.79 Å². The Bertz CT molecular complexity index is 1180. The molecule has 4 rings (SSSR count). The van der Waals surface area contributed by atoms with E-state index < -0.39 is 0 Å². The van der Waals surface area contributed by atoms with E-state index in [0.717, 1.165) is 28.2 Å². The van der Waals surface area contributed by atoms with E-state index in [1.165, 1.54) is 5.56 Å². The summed E-state index contributed by atoms with van der Waals surface area (Å²) in [6, 6.07) is 17.7. The van der Waals surface area contributed by atoms with Gasteiger partial charge in [0.1, 0.15) is 18.2 Å². The Kier molecular flexibility index (Phi) is 6.26. The minimum atomic E-state index is -0.108. The highest BCUT2D eigenvalue weighted by Gasteiger charge is 2.12. The largest absolute Gasteiger partial charge is 0.491 e. The van der Waals surface area contributed by atoms with Gasteiger partial charge in [-0.25, -0.2) is 4.98 Å². The van der Waals surface area contributed by atoms with Crippen molar-refractivity contribution < 1.29 is 9.53 Å². The summed E-state index contributed by atoms with van der Waals surface area (Å²) in [4.78, 5) is 21.0. The van der Waals surface area contributed by atoms with Crippen LogP contribution < -0.4 is 10.1 Å². The van der Waals surface area contributed by atoms with Crippen LogP contribution in [-0.4, -0.2) is 33.6 Å². The molecule has 6 nitrogen and oxygen atoms in total. The van der Waals surface area contributed by atoms with Crippen LogP contribution in [0.2, 0.25) is 0 Å². The Morgan fingerprint density at radius 3 is 2.71 bits per heavy atom. The van der Waals surface area contributed by atoms with Gasteiger partial charge in [0.2, 0.25) is 0 Å². The molecule has 31 heavy (non-hydrogen) atoms. The van der Waals surface area contributed by atoms with Gasteiger partial charge in [-0.1, -0.05) is 24.3 Å². The van der Waals surface area contributed by atoms with Crippen molar-refractivity contribution in [1.82, 2.24) is 19.9 Å². The third-order valence-corrected chi connectivity index (χ3v) is 5.23. The van der Waals surface area contributed by atoms with Crippen molar-refractivity contribution in [3.8, 4) is 5.75 Å². The van der Waals surface area contributed by atoms with E-state index in [2.05, 4.69) is 53.0 Å². The van der Waals surface area contributed by atoms with E-state index in [-0.39, 0.29) is 5.91 Å². The molecule has 0 aliphatic rings. The maximum Gasteiger partial charge on any atom is 0.251 e. The number of hydrogen-bond donors (Lipinski definition) is 1. The topological polar surface area (TPSA) is 69.0 Å². The summed E-state index contributed by atoms with van der Waals surface area (Å²) < 4.78 is 8.25. The lowest BCUT2D eigenvalue weighted by molar-refractivity contribution is 0.0953. The van der Waals surface area contributed by atoms with Gasteiger partial charge in [-0.15, -0.1) is 0 Å². The summed E-state index contributed by atoms with van der Waals surface area (Å²) in [6.45, 7) is 5.84. The Morgan fingerprint density at radius 1 is 1.06 bits per heavy atom. The number of nitrogens with one attached hydrogen (secondary N) is 1. The number of imidazole rings is 1. The Labute approximate surface area is 181 Å². The standard InChI is InChI=1S/C25H26N4O2/c1-18-7-8-19(2)23(17-18)31-16-15-29-22-6-4-3-5-21(22)28-24(29)11-14-27-25(30)20-9-12-26-13-10-20/h3-10,12-13,17H,11,14-16H2,1-2H3,(H,27,30). The van der Waals surface area contributed by atoms with Gasteiger partial charge < -0.3 is 14.6 Å². The highest BCUT2D eigenvalue weighted by atomic mass is 16.5. The minimum Gasteiger partial charge on any atom is -0.491 e. The van der Waals surface area contributed by atoms with Gasteiger partial charge in [0.25, 0.3) is 5.91 Å². The van der Waals surface area contributed by atoms with Crippen LogP contribution in [0.25, 0.3) is 11.0 Å². The second-order valence-electron chi connectivity index (χ2n) is 7.53. The quantitative estimate of drug-likeness (QED) is 0.471. The first-order chi connectivity index (χ1) is 15.1. The van der Waals surface area contributed by atoms with Crippen LogP contribution in [0.5, 0.6) is 5.75 Å². The SMILES string of the molecule is Cc1ccc(C)c(OCCn2c(CCNC(=O)c3ccncc3)nc3ccccc32)c1. The number of rotatable bonds is 8. The first kappa shape index (κ1) is 20.6. The molecule has 0 aliphatic heterocycles. The molecule has 2 aromatic carbocycles. The summed E-state index contributed by atoms with van der Waals surface area (Å²) in [5, 5.41) is 2.96. The smallest absolute Gasteiger partial charge is 0.251 e.